The predicted octanol–water partition coefficient (Wildman–Crippen LogP) is 4.43. The van der Waals surface area contributed by atoms with E-state index in [4.69, 9.17) is 16.3 Å². The van der Waals surface area contributed by atoms with E-state index in [0.717, 1.165) is 6.42 Å². The highest BCUT2D eigenvalue weighted by atomic mass is 35.5. The zero-order chi connectivity index (χ0) is 23.6. The molecule has 1 aliphatic rings. The number of amides is 1. The molecule has 0 N–H and O–H groups in total. The average Bonchev–Trinajstić information content (AvgIpc) is 2.74. The van der Waals surface area contributed by atoms with E-state index in [1.807, 2.05) is 13.8 Å². The van der Waals surface area contributed by atoms with E-state index in [1.165, 1.54) is 53.7 Å². The summed E-state index contributed by atoms with van der Waals surface area (Å²) < 4.78 is 47.8. The predicted molar refractivity (Wildman–Crippen MR) is 122 cm³/mol. The molecule has 1 heterocycles. The van der Waals surface area contributed by atoms with Crippen LogP contribution in [0.25, 0.3) is 0 Å². The standard InChI is InChI=1S/C23H28ClFN2O4S/c1-15-10-16(2)13-27(12-15)32(29,30)22-11-17(8-9-21(22)31-4)23(28)26(3)14-18-19(24)6-5-7-20(18)25/h5-9,11,15-16H,10,12-14H2,1-4H3. The molecule has 2 atom stereocenters. The number of rotatable bonds is 6. The first-order valence-corrected chi connectivity index (χ1v) is 12.2. The first kappa shape index (κ1) is 24.5. The summed E-state index contributed by atoms with van der Waals surface area (Å²) in [6.45, 7) is 4.83. The van der Waals surface area contributed by atoms with Gasteiger partial charge in [-0.2, -0.15) is 4.31 Å². The van der Waals surface area contributed by atoms with Crippen LogP contribution in [0.4, 0.5) is 4.39 Å². The van der Waals surface area contributed by atoms with Crippen LogP contribution in [0.3, 0.4) is 0 Å². The van der Waals surface area contributed by atoms with Crippen LogP contribution in [0, 0.1) is 17.7 Å². The lowest BCUT2D eigenvalue weighted by Crippen LogP contribution is -2.42. The van der Waals surface area contributed by atoms with Gasteiger partial charge in [-0.3, -0.25) is 4.79 Å². The number of nitrogens with zero attached hydrogens (tertiary/aromatic N) is 2. The summed E-state index contributed by atoms with van der Waals surface area (Å²) in [5.41, 5.74) is 0.361. The van der Waals surface area contributed by atoms with E-state index in [-0.39, 0.29) is 45.2 Å². The van der Waals surface area contributed by atoms with Crippen LogP contribution in [0.15, 0.2) is 41.3 Å². The zero-order valence-corrected chi connectivity index (χ0v) is 20.2. The maximum Gasteiger partial charge on any atom is 0.253 e. The van der Waals surface area contributed by atoms with Gasteiger partial charge < -0.3 is 9.64 Å². The lowest BCUT2D eigenvalue weighted by atomic mass is 9.94. The maximum absolute atomic E-state index is 14.1. The smallest absolute Gasteiger partial charge is 0.253 e. The zero-order valence-electron chi connectivity index (χ0n) is 18.6. The molecule has 6 nitrogen and oxygen atoms in total. The van der Waals surface area contributed by atoms with Gasteiger partial charge in [0.15, 0.2) is 0 Å². The fourth-order valence-electron chi connectivity index (χ4n) is 4.17. The Morgan fingerprint density at radius 3 is 2.47 bits per heavy atom. The summed E-state index contributed by atoms with van der Waals surface area (Å²) in [6.07, 6.45) is 0.963. The van der Waals surface area contributed by atoms with Gasteiger partial charge in [0.1, 0.15) is 16.5 Å². The van der Waals surface area contributed by atoms with Gasteiger partial charge in [-0.05, 0) is 48.6 Å². The SMILES string of the molecule is COc1ccc(C(=O)N(C)Cc2c(F)cccc2Cl)cc1S(=O)(=O)N1CC(C)CC(C)C1. The Balaban J connectivity index is 1.92. The lowest BCUT2D eigenvalue weighted by Gasteiger charge is -2.34. The molecule has 2 aromatic rings. The number of ether oxygens (including phenoxy) is 1. The molecule has 2 aromatic carbocycles. The van der Waals surface area contributed by atoms with E-state index in [9.17, 15) is 17.6 Å². The minimum absolute atomic E-state index is 0.0514. The highest BCUT2D eigenvalue weighted by molar-refractivity contribution is 7.89. The molecule has 1 saturated heterocycles. The molecule has 1 aliphatic heterocycles. The number of benzene rings is 2. The topological polar surface area (TPSA) is 66.9 Å². The number of methoxy groups -OCH3 is 1. The van der Waals surface area contributed by atoms with Gasteiger partial charge in [0, 0.05) is 42.8 Å². The maximum atomic E-state index is 14.1. The van der Waals surface area contributed by atoms with E-state index in [0.29, 0.717) is 13.1 Å². The lowest BCUT2D eigenvalue weighted by molar-refractivity contribution is 0.0783. The van der Waals surface area contributed by atoms with Gasteiger partial charge in [0.2, 0.25) is 10.0 Å². The van der Waals surface area contributed by atoms with Crippen molar-refractivity contribution in [3.8, 4) is 5.75 Å². The van der Waals surface area contributed by atoms with Crippen molar-refractivity contribution >= 4 is 27.5 Å². The largest absolute Gasteiger partial charge is 0.495 e. The van der Waals surface area contributed by atoms with Crippen LogP contribution in [0.1, 0.15) is 36.2 Å². The Morgan fingerprint density at radius 1 is 1.22 bits per heavy atom. The molecule has 9 heteroatoms. The fourth-order valence-corrected chi connectivity index (χ4v) is 6.25. The van der Waals surface area contributed by atoms with Crippen LogP contribution >= 0.6 is 11.6 Å². The van der Waals surface area contributed by atoms with E-state index < -0.39 is 21.7 Å². The van der Waals surface area contributed by atoms with E-state index in [1.54, 1.807) is 6.07 Å². The molecular weight excluding hydrogens is 455 g/mol. The van der Waals surface area contributed by atoms with Gasteiger partial charge in [-0.15, -0.1) is 0 Å². The molecule has 0 aliphatic carbocycles. The van der Waals surface area contributed by atoms with Gasteiger partial charge in [0.05, 0.1) is 7.11 Å². The number of piperidine rings is 1. The molecule has 0 saturated carbocycles. The second kappa shape index (κ2) is 9.77. The van der Waals surface area contributed by atoms with Crippen molar-refractivity contribution in [2.75, 3.05) is 27.2 Å². The number of carbonyl (C=O) groups is 1. The van der Waals surface area contributed by atoms with Gasteiger partial charge in [-0.25, -0.2) is 12.8 Å². The summed E-state index contributed by atoms with van der Waals surface area (Å²) in [5.74, 6) is -0.318. The minimum Gasteiger partial charge on any atom is -0.495 e. The van der Waals surface area contributed by atoms with Crippen LogP contribution < -0.4 is 4.74 Å². The molecule has 0 bridgehead atoms. The van der Waals surface area contributed by atoms with Crippen molar-refractivity contribution < 1.29 is 22.3 Å². The molecule has 174 valence electrons. The summed E-state index contributed by atoms with van der Waals surface area (Å²) >= 11 is 6.08. The number of sulfonamides is 1. The van der Waals surface area contributed by atoms with Gasteiger partial charge >= 0.3 is 0 Å². The Hall–Kier alpha value is -2.16. The van der Waals surface area contributed by atoms with Gasteiger partial charge in [0.25, 0.3) is 5.91 Å². The quantitative estimate of drug-likeness (QED) is 0.611. The fraction of sp³-hybridized carbons (Fsp3) is 0.435. The van der Waals surface area contributed by atoms with E-state index >= 15 is 0 Å². The van der Waals surface area contributed by atoms with Crippen LogP contribution in [-0.4, -0.2) is 50.8 Å². The first-order valence-electron chi connectivity index (χ1n) is 10.4. The number of halogens is 2. The molecule has 1 fully saturated rings. The number of hydrogen-bond donors (Lipinski definition) is 0. The number of carbonyl (C=O) groups excluding carboxylic acids is 1. The molecule has 3 rings (SSSR count). The van der Waals surface area contributed by atoms with Crippen LogP contribution in [0.5, 0.6) is 5.75 Å². The second-order valence-electron chi connectivity index (χ2n) is 8.50. The molecule has 0 spiro atoms. The van der Waals surface area contributed by atoms with Crippen molar-refractivity contribution in [3.63, 3.8) is 0 Å². The van der Waals surface area contributed by atoms with Crippen LogP contribution in [-0.2, 0) is 16.6 Å². The Labute approximate surface area is 194 Å². The third-order valence-electron chi connectivity index (χ3n) is 5.67. The molecule has 0 aromatic heterocycles. The first-order chi connectivity index (χ1) is 15.0. The minimum atomic E-state index is -3.87. The average molecular weight is 483 g/mol. The monoisotopic (exact) mass is 482 g/mol. The van der Waals surface area contributed by atoms with E-state index in [2.05, 4.69) is 0 Å². The second-order valence-corrected chi connectivity index (χ2v) is 10.8. The molecule has 0 radical (unpaired) electrons. The summed E-state index contributed by atoms with van der Waals surface area (Å²) in [5, 5.41) is 0.219. The molecule has 32 heavy (non-hydrogen) atoms. The van der Waals surface area contributed by atoms with Crippen molar-refractivity contribution in [2.24, 2.45) is 11.8 Å². The normalized spacial score (nSPS) is 19.6. The van der Waals surface area contributed by atoms with Gasteiger partial charge in [-0.1, -0.05) is 31.5 Å². The number of hydrogen-bond acceptors (Lipinski definition) is 4. The van der Waals surface area contributed by atoms with Crippen molar-refractivity contribution in [3.05, 3.63) is 58.4 Å². The Bertz CT molecular complexity index is 1080. The molecule has 2 unspecified atom stereocenters. The third kappa shape index (κ3) is 5.08. The van der Waals surface area contributed by atoms with Crippen molar-refractivity contribution in [2.45, 2.75) is 31.7 Å². The molecule has 1 amide bonds. The Morgan fingerprint density at radius 2 is 1.88 bits per heavy atom. The third-order valence-corrected chi connectivity index (χ3v) is 7.87. The highest BCUT2D eigenvalue weighted by Crippen LogP contribution is 2.32. The Kier molecular flexibility index (Phi) is 7.47. The highest BCUT2D eigenvalue weighted by Gasteiger charge is 2.34. The summed E-state index contributed by atoms with van der Waals surface area (Å²) in [7, 11) is -0.964. The van der Waals surface area contributed by atoms with Crippen molar-refractivity contribution in [1.29, 1.82) is 0 Å². The van der Waals surface area contributed by atoms with Crippen LogP contribution in [0.2, 0.25) is 5.02 Å². The summed E-state index contributed by atoms with van der Waals surface area (Å²) in [4.78, 5) is 14.3. The summed E-state index contributed by atoms with van der Waals surface area (Å²) in [6, 6.07) is 8.63. The van der Waals surface area contributed by atoms with Crippen molar-refractivity contribution in [1.82, 2.24) is 9.21 Å². The molecular formula is C23H28ClFN2O4S.